The van der Waals surface area contributed by atoms with Crippen molar-refractivity contribution in [2.75, 3.05) is 0 Å². The molecule has 4 heteroatoms. The number of benzene rings is 4. The summed E-state index contributed by atoms with van der Waals surface area (Å²) in [5.41, 5.74) is 5.49. The fourth-order valence-electron chi connectivity index (χ4n) is 3.57. The molecule has 4 aromatic carbocycles. The molecule has 0 saturated carbocycles. The summed E-state index contributed by atoms with van der Waals surface area (Å²) in [6.07, 6.45) is 0. The van der Waals surface area contributed by atoms with Gasteiger partial charge in [-0.25, -0.2) is 0 Å². The molecule has 2 aliphatic rings. The summed E-state index contributed by atoms with van der Waals surface area (Å²) in [6, 6.07) is 22.5. The summed E-state index contributed by atoms with van der Waals surface area (Å²) < 4.78 is 12.2. The van der Waals surface area contributed by atoms with Crippen LogP contribution in [-0.2, 0) is 0 Å². The molecule has 0 amide bonds. The molecule has 0 unspecified atom stereocenters. The molecular weight excluding hydrogens is 286 g/mol. The Balaban J connectivity index is 0.000000729. The Morgan fingerprint density at radius 1 is 0.583 bits per heavy atom. The van der Waals surface area contributed by atoms with E-state index in [0.29, 0.717) is 0 Å². The van der Waals surface area contributed by atoms with Gasteiger partial charge in [0.05, 0.1) is 0 Å². The molecule has 2 aliphatic heterocycles. The largest absolute Gasteiger partial charge is 1.00 e. The van der Waals surface area contributed by atoms with Gasteiger partial charge in [-0.3, -0.25) is 0 Å². The maximum Gasteiger partial charge on any atom is 1.00 e. The molecule has 6 rings (SSSR count). The molecule has 24 heavy (non-hydrogen) atoms. The van der Waals surface area contributed by atoms with Gasteiger partial charge in [-0.2, -0.15) is 24.3 Å². The Bertz CT molecular complexity index is 1180. The summed E-state index contributed by atoms with van der Waals surface area (Å²) in [5.74, 6) is 0. The molecule has 2 heterocycles. The van der Waals surface area contributed by atoms with Crippen LogP contribution in [0.5, 0.6) is 0 Å². The first-order valence-electron chi connectivity index (χ1n) is 7.21. The van der Waals surface area contributed by atoms with Crippen LogP contribution in [0.2, 0.25) is 0 Å². The van der Waals surface area contributed by atoms with Crippen molar-refractivity contribution in [1.29, 1.82) is 0 Å². The third-order valence-electron chi connectivity index (χ3n) is 4.48. The first-order chi connectivity index (χ1) is 10.9. The van der Waals surface area contributed by atoms with Gasteiger partial charge in [0.1, 0.15) is 11.2 Å². The average Bonchev–Trinajstić information content (AvgIpc) is 2.57. The van der Waals surface area contributed by atoms with Crippen LogP contribution in [0.25, 0.3) is 55.0 Å². The first kappa shape index (κ1) is 15.7. The number of hydrogen-bond donors (Lipinski definition) is 0. The molecule has 0 spiro atoms. The zero-order valence-corrected chi connectivity index (χ0v) is 13.4. The molecule has 4 aromatic rings. The second-order valence-corrected chi connectivity index (χ2v) is 5.62. The van der Waals surface area contributed by atoms with Crippen LogP contribution in [0.4, 0.5) is 0 Å². The molecule has 0 bridgehead atoms. The molecular formula is C20H8Li2O2. The number of hydrogen-bond acceptors (Lipinski definition) is 2. The molecule has 0 saturated heterocycles. The Hall–Kier alpha value is -1.81. The third-order valence-corrected chi connectivity index (χ3v) is 4.48. The molecule has 0 radical (unpaired) electrons. The Morgan fingerprint density at radius 3 is 1.50 bits per heavy atom. The van der Waals surface area contributed by atoms with Crippen molar-refractivity contribution in [2.24, 2.45) is 0 Å². The fourth-order valence-corrected chi connectivity index (χ4v) is 3.57. The van der Waals surface area contributed by atoms with Gasteiger partial charge >= 0.3 is 37.7 Å². The van der Waals surface area contributed by atoms with Gasteiger partial charge in [0, 0.05) is 11.2 Å². The minimum atomic E-state index is 0. The molecule has 0 aliphatic carbocycles. The fraction of sp³-hybridized carbons (Fsp3) is 0. The maximum atomic E-state index is 6.11. The smallest absolute Gasteiger partial charge is 0.483 e. The second-order valence-electron chi connectivity index (χ2n) is 5.62. The number of rotatable bonds is 0. The molecule has 0 aromatic heterocycles. The third kappa shape index (κ3) is 1.81. The quantitative estimate of drug-likeness (QED) is 0.165. The predicted octanol–water partition coefficient (Wildman–Crippen LogP) is -0.364. The maximum absolute atomic E-state index is 6.11. The standard InChI is InChI=1S/C20H8O2.2Li/c1-3-11-7-9-16-19-17(11)13(5-1)21-15-10-8-12-4-2-6-14(22-16)18(12)20(15)19;;/h1-4,7-10H;;/q-2;2*+1. The SMILES string of the molecule is [Li+].[Li+].[c-]1ccc2ccc3oc4[c-]ccc5ccc6oc1c2c3-c6c54. The molecule has 0 atom stereocenters. The summed E-state index contributed by atoms with van der Waals surface area (Å²) >= 11 is 0. The van der Waals surface area contributed by atoms with E-state index in [1.165, 1.54) is 0 Å². The molecule has 0 fully saturated rings. The predicted molar refractivity (Wildman–Crippen MR) is 86.5 cm³/mol. The van der Waals surface area contributed by atoms with E-state index >= 15 is 0 Å². The van der Waals surface area contributed by atoms with Gasteiger partial charge in [-0.05, 0) is 23.3 Å². The summed E-state index contributed by atoms with van der Waals surface area (Å²) in [4.78, 5) is 0. The van der Waals surface area contributed by atoms with Crippen molar-refractivity contribution in [1.82, 2.24) is 0 Å². The first-order valence-corrected chi connectivity index (χ1v) is 7.21. The van der Waals surface area contributed by atoms with Crippen molar-refractivity contribution < 1.29 is 46.6 Å². The minimum Gasteiger partial charge on any atom is -0.483 e. The summed E-state index contributed by atoms with van der Waals surface area (Å²) in [5, 5.41) is 4.44. The van der Waals surface area contributed by atoms with Gasteiger partial charge in [-0.15, -0.1) is 22.9 Å². The normalized spacial score (nSPS) is 11.5. The van der Waals surface area contributed by atoms with Gasteiger partial charge in [0.25, 0.3) is 0 Å². The van der Waals surface area contributed by atoms with Gasteiger partial charge in [0.15, 0.2) is 0 Å². The second kappa shape index (κ2) is 5.35. The van der Waals surface area contributed by atoms with Crippen LogP contribution >= 0.6 is 0 Å². The van der Waals surface area contributed by atoms with Crippen molar-refractivity contribution in [3.05, 3.63) is 60.7 Å². The zero-order chi connectivity index (χ0) is 14.3. The summed E-state index contributed by atoms with van der Waals surface area (Å²) in [7, 11) is 0. The van der Waals surface area contributed by atoms with Crippen molar-refractivity contribution in [3.63, 3.8) is 0 Å². The van der Waals surface area contributed by atoms with Crippen LogP contribution in [0.1, 0.15) is 0 Å². The van der Waals surface area contributed by atoms with Gasteiger partial charge in [0.2, 0.25) is 0 Å². The molecule has 102 valence electrons. The van der Waals surface area contributed by atoms with E-state index in [-0.39, 0.29) is 37.7 Å². The minimum absolute atomic E-state index is 0. The van der Waals surface area contributed by atoms with E-state index in [0.717, 1.165) is 55.0 Å². The molecule has 2 nitrogen and oxygen atoms in total. The Labute approximate surface area is 161 Å². The van der Waals surface area contributed by atoms with E-state index < -0.39 is 0 Å². The van der Waals surface area contributed by atoms with Crippen LogP contribution in [0.15, 0.2) is 57.4 Å². The van der Waals surface area contributed by atoms with E-state index in [2.05, 4.69) is 36.4 Å². The van der Waals surface area contributed by atoms with E-state index in [9.17, 15) is 0 Å². The van der Waals surface area contributed by atoms with Crippen LogP contribution in [-0.4, -0.2) is 0 Å². The van der Waals surface area contributed by atoms with Crippen LogP contribution in [0, 0.1) is 12.1 Å². The van der Waals surface area contributed by atoms with Crippen molar-refractivity contribution in [2.45, 2.75) is 0 Å². The van der Waals surface area contributed by atoms with E-state index in [1.54, 1.807) is 0 Å². The van der Waals surface area contributed by atoms with Crippen molar-refractivity contribution in [3.8, 4) is 11.1 Å². The van der Waals surface area contributed by atoms with Crippen molar-refractivity contribution >= 4 is 43.9 Å². The van der Waals surface area contributed by atoms with Gasteiger partial charge < -0.3 is 8.83 Å². The monoisotopic (exact) mass is 294 g/mol. The van der Waals surface area contributed by atoms with E-state index in [4.69, 9.17) is 8.83 Å². The molecule has 0 N–H and O–H groups in total. The van der Waals surface area contributed by atoms with Crippen LogP contribution < -0.4 is 37.7 Å². The Kier molecular flexibility index (Phi) is 3.50. The van der Waals surface area contributed by atoms with E-state index in [1.807, 2.05) is 24.3 Å². The Morgan fingerprint density at radius 2 is 1.04 bits per heavy atom. The van der Waals surface area contributed by atoms with Gasteiger partial charge in [-0.1, -0.05) is 22.9 Å². The summed E-state index contributed by atoms with van der Waals surface area (Å²) in [6.45, 7) is 0. The average molecular weight is 294 g/mol. The van der Waals surface area contributed by atoms with Crippen LogP contribution in [0.3, 0.4) is 0 Å². The topological polar surface area (TPSA) is 26.3 Å². The zero-order valence-electron chi connectivity index (χ0n) is 13.4.